The molecule has 0 bridgehead atoms. The predicted molar refractivity (Wildman–Crippen MR) is 119 cm³/mol. The Bertz CT molecular complexity index is 1030. The number of nitrogens with zero attached hydrogens (tertiary/aromatic N) is 3. The molecule has 2 aromatic carbocycles. The molecule has 3 fully saturated rings. The van der Waals surface area contributed by atoms with E-state index in [4.69, 9.17) is 11.6 Å². The van der Waals surface area contributed by atoms with E-state index in [0.717, 1.165) is 37.2 Å². The number of aliphatic hydroxyl groups is 1. The van der Waals surface area contributed by atoms with E-state index in [0.29, 0.717) is 36.8 Å². The normalized spacial score (nSPS) is 24.2. The lowest BCUT2D eigenvalue weighted by Crippen LogP contribution is -2.57. The van der Waals surface area contributed by atoms with Gasteiger partial charge in [0.05, 0.1) is 22.4 Å². The minimum atomic E-state index is -0.817. The second-order valence-electron chi connectivity index (χ2n) is 9.05. The van der Waals surface area contributed by atoms with Gasteiger partial charge in [0.1, 0.15) is 0 Å². The highest BCUT2D eigenvalue weighted by Crippen LogP contribution is 2.35. The number of benzene rings is 2. The minimum Gasteiger partial charge on any atom is -0.389 e. The van der Waals surface area contributed by atoms with E-state index in [1.54, 1.807) is 12.1 Å². The Hall–Kier alpha value is -2.22. The summed E-state index contributed by atoms with van der Waals surface area (Å²) in [6.45, 7) is 3.81. The van der Waals surface area contributed by atoms with Gasteiger partial charge < -0.3 is 14.9 Å². The molecule has 1 N–H and O–H groups in total. The molecule has 0 saturated carbocycles. The van der Waals surface area contributed by atoms with Gasteiger partial charge in [-0.15, -0.1) is 0 Å². The molecule has 8 heteroatoms. The second-order valence-corrected chi connectivity index (χ2v) is 9.42. The number of amides is 1. The van der Waals surface area contributed by atoms with E-state index in [1.165, 1.54) is 12.1 Å². The van der Waals surface area contributed by atoms with Gasteiger partial charge in [0.2, 0.25) is 0 Å². The van der Waals surface area contributed by atoms with E-state index < -0.39 is 11.6 Å². The average molecular weight is 462 g/mol. The summed E-state index contributed by atoms with van der Waals surface area (Å²) in [4.78, 5) is 19.5. The number of carbonyl (C=O) groups is 1. The molecule has 2 atom stereocenters. The van der Waals surface area contributed by atoms with Gasteiger partial charge in [-0.25, -0.2) is 8.78 Å². The topological polar surface area (TPSA) is 47.0 Å². The van der Waals surface area contributed by atoms with E-state index in [2.05, 4.69) is 4.90 Å². The number of hydrogen-bond acceptors (Lipinski definition) is 4. The number of rotatable bonds is 3. The molecule has 5 rings (SSSR count). The minimum absolute atomic E-state index is 0.0692. The molecule has 1 amide bonds. The number of aliphatic hydroxyl groups excluding tert-OH is 1. The van der Waals surface area contributed by atoms with Crippen molar-refractivity contribution in [3.05, 3.63) is 64.2 Å². The van der Waals surface area contributed by atoms with Gasteiger partial charge in [0.25, 0.3) is 5.91 Å². The van der Waals surface area contributed by atoms with Crippen molar-refractivity contribution in [2.75, 3.05) is 44.2 Å². The average Bonchev–Trinajstić information content (AvgIpc) is 2.78. The van der Waals surface area contributed by atoms with E-state index >= 15 is 0 Å². The Balaban J connectivity index is 1.25. The van der Waals surface area contributed by atoms with Gasteiger partial charge in [-0.2, -0.15) is 0 Å². The summed E-state index contributed by atoms with van der Waals surface area (Å²) in [6, 6.07) is 9.91. The van der Waals surface area contributed by atoms with Crippen LogP contribution >= 0.6 is 11.6 Å². The predicted octanol–water partition coefficient (Wildman–Crippen LogP) is 3.50. The van der Waals surface area contributed by atoms with E-state index in [-0.39, 0.29) is 24.0 Å². The third kappa shape index (κ3) is 3.98. The van der Waals surface area contributed by atoms with Crippen LogP contribution in [0.1, 0.15) is 34.7 Å². The van der Waals surface area contributed by atoms with Crippen LogP contribution in [0.5, 0.6) is 0 Å². The first kappa shape index (κ1) is 21.6. The summed E-state index contributed by atoms with van der Waals surface area (Å²) < 4.78 is 27.0. The molecule has 32 heavy (non-hydrogen) atoms. The van der Waals surface area contributed by atoms with Crippen LogP contribution in [0.15, 0.2) is 36.4 Å². The van der Waals surface area contributed by atoms with Gasteiger partial charge in [0, 0.05) is 45.3 Å². The number of carbonyl (C=O) groups excluding carboxylic acids is 1. The molecule has 3 aliphatic rings. The van der Waals surface area contributed by atoms with Crippen molar-refractivity contribution in [1.29, 1.82) is 0 Å². The van der Waals surface area contributed by atoms with Crippen molar-refractivity contribution in [2.24, 2.45) is 0 Å². The van der Waals surface area contributed by atoms with Crippen LogP contribution in [0, 0.1) is 11.6 Å². The molecule has 3 aliphatic heterocycles. The first-order valence-corrected chi connectivity index (χ1v) is 11.5. The Morgan fingerprint density at radius 1 is 1.00 bits per heavy atom. The zero-order valence-electron chi connectivity index (χ0n) is 17.7. The fourth-order valence-electron chi connectivity index (χ4n) is 5.15. The monoisotopic (exact) mass is 461 g/mol. The van der Waals surface area contributed by atoms with Crippen LogP contribution in [-0.2, 0) is 0 Å². The Kier molecular flexibility index (Phi) is 5.82. The molecule has 3 saturated heterocycles. The number of piperidine rings is 1. The third-order valence-electron chi connectivity index (χ3n) is 7.02. The number of piperazine rings is 1. The molecule has 3 heterocycles. The number of β-amino-alcohol motifs (C(OH)–C–C–N with tert-alkyl or cyclic N) is 1. The number of anilines is 1. The lowest BCUT2D eigenvalue weighted by atomic mass is 9.86. The van der Waals surface area contributed by atoms with Gasteiger partial charge in [-0.3, -0.25) is 9.69 Å². The molecule has 0 unspecified atom stereocenters. The molecule has 0 aromatic heterocycles. The highest BCUT2D eigenvalue weighted by molar-refractivity contribution is 6.36. The standard InChI is InChI=1S/C24H26ClF2N3O2/c25-23-19(2-1-3-22(23)30-13-18(31)14-30)24(32)29-9-8-28-11-16(4-6-17(28)12-29)15-5-7-20(26)21(27)10-15/h1-3,5,7,10,16-18,31H,4,6,8-9,11-14H2/t16-,17+/m0/s1. The zero-order valence-corrected chi connectivity index (χ0v) is 18.4. The van der Waals surface area contributed by atoms with Crippen LogP contribution < -0.4 is 4.90 Å². The zero-order chi connectivity index (χ0) is 22.4. The molecule has 0 aliphatic carbocycles. The molecule has 0 spiro atoms. The highest BCUT2D eigenvalue weighted by atomic mass is 35.5. The lowest BCUT2D eigenvalue weighted by molar-refractivity contribution is 0.0329. The first-order chi connectivity index (χ1) is 15.4. The number of fused-ring (bicyclic) bond motifs is 1. The van der Waals surface area contributed by atoms with Crippen molar-refractivity contribution in [1.82, 2.24) is 9.80 Å². The van der Waals surface area contributed by atoms with E-state index in [9.17, 15) is 18.7 Å². The quantitative estimate of drug-likeness (QED) is 0.760. The maximum absolute atomic E-state index is 13.7. The van der Waals surface area contributed by atoms with Crippen molar-refractivity contribution in [2.45, 2.75) is 30.9 Å². The summed E-state index contributed by atoms with van der Waals surface area (Å²) >= 11 is 6.59. The van der Waals surface area contributed by atoms with Crippen molar-refractivity contribution < 1.29 is 18.7 Å². The summed E-state index contributed by atoms with van der Waals surface area (Å²) in [5.74, 6) is -1.52. The molecular weight excluding hydrogens is 436 g/mol. The van der Waals surface area contributed by atoms with Crippen molar-refractivity contribution in [3.63, 3.8) is 0 Å². The lowest BCUT2D eigenvalue weighted by Gasteiger charge is -2.46. The maximum Gasteiger partial charge on any atom is 0.255 e. The van der Waals surface area contributed by atoms with Gasteiger partial charge in [0.15, 0.2) is 11.6 Å². The molecule has 2 aromatic rings. The first-order valence-electron chi connectivity index (χ1n) is 11.1. The summed E-state index contributed by atoms with van der Waals surface area (Å²) in [5.41, 5.74) is 2.11. The summed E-state index contributed by atoms with van der Waals surface area (Å²) in [7, 11) is 0. The smallest absolute Gasteiger partial charge is 0.255 e. The molecule has 170 valence electrons. The number of hydrogen-bond donors (Lipinski definition) is 1. The largest absolute Gasteiger partial charge is 0.389 e. The Labute approximate surface area is 191 Å². The third-order valence-corrected chi connectivity index (χ3v) is 7.42. The Morgan fingerprint density at radius 3 is 2.56 bits per heavy atom. The molecular formula is C24H26ClF2N3O2. The summed E-state index contributed by atoms with van der Waals surface area (Å²) in [6.07, 6.45) is 1.43. The number of halogens is 3. The summed E-state index contributed by atoms with van der Waals surface area (Å²) in [5, 5.41) is 10.0. The SMILES string of the molecule is O=C(c1cccc(N2CC(O)C2)c1Cl)N1CCN2C[C@@H](c3ccc(F)c(F)c3)CC[C@@H]2C1. The van der Waals surface area contributed by atoms with Gasteiger partial charge >= 0.3 is 0 Å². The second kappa shape index (κ2) is 8.61. The van der Waals surface area contributed by atoms with Gasteiger partial charge in [-0.1, -0.05) is 23.7 Å². The Morgan fingerprint density at radius 2 is 1.81 bits per heavy atom. The highest BCUT2D eigenvalue weighted by Gasteiger charge is 2.36. The van der Waals surface area contributed by atoms with Crippen molar-refractivity contribution >= 4 is 23.2 Å². The van der Waals surface area contributed by atoms with Crippen molar-refractivity contribution in [3.8, 4) is 0 Å². The maximum atomic E-state index is 13.7. The fraction of sp³-hybridized carbons (Fsp3) is 0.458. The van der Waals surface area contributed by atoms with Gasteiger partial charge in [-0.05, 0) is 48.6 Å². The van der Waals surface area contributed by atoms with E-state index in [1.807, 2.05) is 21.9 Å². The van der Waals surface area contributed by atoms with Crippen LogP contribution in [0.3, 0.4) is 0 Å². The molecule has 0 radical (unpaired) electrons. The fourth-order valence-corrected chi connectivity index (χ4v) is 5.48. The van der Waals surface area contributed by atoms with Crippen LogP contribution in [0.4, 0.5) is 14.5 Å². The van der Waals surface area contributed by atoms with Crippen LogP contribution in [0.25, 0.3) is 0 Å². The molecule has 5 nitrogen and oxygen atoms in total. The van der Waals surface area contributed by atoms with Crippen LogP contribution in [0.2, 0.25) is 5.02 Å². The van der Waals surface area contributed by atoms with Crippen LogP contribution in [-0.4, -0.2) is 72.2 Å².